The van der Waals surface area contributed by atoms with Gasteiger partial charge < -0.3 is 14.5 Å². The third-order valence-electron chi connectivity index (χ3n) is 5.89. The van der Waals surface area contributed by atoms with Gasteiger partial charge in [0.2, 0.25) is 0 Å². The van der Waals surface area contributed by atoms with Gasteiger partial charge in [0.25, 0.3) is 5.91 Å². The SMILES string of the molecule is O=C(COc1ccccc1-c1ccccc1)N1CC[NH+]([C@@H]2CCS(=O)(=O)C2)CC1. The van der Waals surface area contributed by atoms with Crippen molar-refractivity contribution in [1.82, 2.24) is 4.90 Å². The summed E-state index contributed by atoms with van der Waals surface area (Å²) in [5, 5.41) is 0. The third-order valence-corrected chi connectivity index (χ3v) is 7.66. The topological polar surface area (TPSA) is 68.1 Å². The van der Waals surface area contributed by atoms with Crippen LogP contribution in [-0.4, -0.2) is 69.6 Å². The minimum Gasteiger partial charge on any atom is -0.483 e. The number of quaternary nitrogens is 1. The van der Waals surface area contributed by atoms with E-state index in [1.807, 2.05) is 59.5 Å². The largest absolute Gasteiger partial charge is 0.483 e. The summed E-state index contributed by atoms with van der Waals surface area (Å²) in [7, 11) is -2.86. The molecule has 154 valence electrons. The van der Waals surface area contributed by atoms with E-state index in [2.05, 4.69) is 0 Å². The summed E-state index contributed by atoms with van der Waals surface area (Å²) >= 11 is 0. The average Bonchev–Trinajstić information content (AvgIpc) is 3.12. The lowest BCUT2D eigenvalue weighted by molar-refractivity contribution is -0.925. The number of piperazine rings is 1. The van der Waals surface area contributed by atoms with Crippen LogP contribution in [0.15, 0.2) is 54.6 Å². The Bertz CT molecular complexity index is 954. The predicted molar refractivity (Wildman–Crippen MR) is 112 cm³/mol. The Morgan fingerprint density at radius 1 is 1.03 bits per heavy atom. The minimum absolute atomic E-state index is 0.0109. The van der Waals surface area contributed by atoms with Gasteiger partial charge in [-0.05, 0) is 11.6 Å². The van der Waals surface area contributed by atoms with Gasteiger partial charge in [0.05, 0.1) is 31.9 Å². The van der Waals surface area contributed by atoms with Crippen LogP contribution in [0.2, 0.25) is 0 Å². The maximum atomic E-state index is 12.6. The fourth-order valence-corrected chi connectivity index (χ4v) is 6.07. The predicted octanol–water partition coefficient (Wildman–Crippen LogP) is 0.647. The fourth-order valence-electron chi connectivity index (χ4n) is 4.25. The van der Waals surface area contributed by atoms with Crippen molar-refractivity contribution in [1.29, 1.82) is 0 Å². The van der Waals surface area contributed by atoms with Crippen LogP contribution >= 0.6 is 0 Å². The zero-order chi connectivity index (χ0) is 20.3. The van der Waals surface area contributed by atoms with E-state index in [0.717, 1.165) is 30.6 Å². The molecule has 2 aromatic carbocycles. The number of carbonyl (C=O) groups excluding carboxylic acids is 1. The Kier molecular flexibility index (Phi) is 5.87. The van der Waals surface area contributed by atoms with E-state index in [9.17, 15) is 13.2 Å². The molecule has 4 rings (SSSR count). The highest BCUT2D eigenvalue weighted by molar-refractivity contribution is 7.91. The molecule has 1 atom stereocenters. The molecule has 2 saturated heterocycles. The van der Waals surface area contributed by atoms with E-state index in [1.165, 1.54) is 4.90 Å². The van der Waals surface area contributed by atoms with Gasteiger partial charge in [0, 0.05) is 12.0 Å². The highest BCUT2D eigenvalue weighted by atomic mass is 32.2. The Morgan fingerprint density at radius 3 is 2.41 bits per heavy atom. The minimum atomic E-state index is -2.86. The molecule has 1 amide bonds. The Labute approximate surface area is 172 Å². The van der Waals surface area contributed by atoms with Gasteiger partial charge in [0.15, 0.2) is 16.4 Å². The van der Waals surface area contributed by atoms with Crippen LogP contribution in [0.25, 0.3) is 11.1 Å². The van der Waals surface area contributed by atoms with Crippen LogP contribution in [0.3, 0.4) is 0 Å². The summed E-state index contributed by atoms with van der Waals surface area (Å²) < 4.78 is 29.3. The second-order valence-electron chi connectivity index (χ2n) is 7.79. The second-order valence-corrected chi connectivity index (χ2v) is 10.0. The number of para-hydroxylation sites is 1. The van der Waals surface area contributed by atoms with Gasteiger partial charge in [-0.25, -0.2) is 8.42 Å². The molecule has 2 heterocycles. The van der Waals surface area contributed by atoms with Crippen molar-refractivity contribution in [3.05, 3.63) is 54.6 Å². The lowest BCUT2D eigenvalue weighted by Gasteiger charge is -2.35. The van der Waals surface area contributed by atoms with Crippen molar-refractivity contribution in [3.8, 4) is 16.9 Å². The zero-order valence-electron chi connectivity index (χ0n) is 16.4. The lowest BCUT2D eigenvalue weighted by atomic mass is 10.1. The number of nitrogens with zero attached hydrogens (tertiary/aromatic N) is 1. The maximum Gasteiger partial charge on any atom is 0.260 e. The molecule has 29 heavy (non-hydrogen) atoms. The summed E-state index contributed by atoms with van der Waals surface area (Å²) in [5.41, 5.74) is 2.02. The molecule has 2 aromatic rings. The molecule has 2 aliphatic heterocycles. The van der Waals surface area contributed by atoms with E-state index in [0.29, 0.717) is 24.6 Å². The Balaban J connectivity index is 1.31. The molecule has 1 N–H and O–H groups in total. The number of sulfone groups is 1. The zero-order valence-corrected chi connectivity index (χ0v) is 17.2. The van der Waals surface area contributed by atoms with E-state index in [-0.39, 0.29) is 24.3 Å². The average molecular weight is 416 g/mol. The third kappa shape index (κ3) is 4.79. The molecular formula is C22H27N2O4S+. The number of hydrogen-bond donors (Lipinski definition) is 1. The van der Waals surface area contributed by atoms with Crippen LogP contribution in [0.5, 0.6) is 5.75 Å². The summed E-state index contributed by atoms with van der Waals surface area (Å²) in [6.45, 7) is 2.90. The maximum absolute atomic E-state index is 12.6. The first-order valence-electron chi connectivity index (χ1n) is 10.1. The molecule has 2 aliphatic rings. The van der Waals surface area contributed by atoms with E-state index in [1.54, 1.807) is 0 Å². The van der Waals surface area contributed by atoms with E-state index < -0.39 is 9.84 Å². The van der Waals surface area contributed by atoms with Gasteiger partial charge in [-0.2, -0.15) is 0 Å². The lowest BCUT2D eigenvalue weighted by Crippen LogP contribution is -3.18. The molecule has 0 bridgehead atoms. The number of benzene rings is 2. The first kappa shape index (κ1) is 19.9. The normalized spacial score (nSPS) is 21.8. The Hall–Kier alpha value is -2.38. The molecule has 0 radical (unpaired) electrons. The van der Waals surface area contributed by atoms with Crippen molar-refractivity contribution >= 4 is 15.7 Å². The van der Waals surface area contributed by atoms with E-state index >= 15 is 0 Å². The van der Waals surface area contributed by atoms with Crippen molar-refractivity contribution in [2.24, 2.45) is 0 Å². The van der Waals surface area contributed by atoms with Gasteiger partial charge >= 0.3 is 0 Å². The van der Waals surface area contributed by atoms with Crippen molar-refractivity contribution in [3.63, 3.8) is 0 Å². The number of carbonyl (C=O) groups is 1. The molecule has 0 aliphatic carbocycles. The van der Waals surface area contributed by atoms with Crippen LogP contribution in [0.1, 0.15) is 6.42 Å². The second kappa shape index (κ2) is 8.55. The number of amides is 1. The standard InChI is InChI=1S/C22H26N2O4S/c25-22(24-13-11-23(12-14-24)19-10-15-29(26,27)17-19)16-28-21-9-5-4-8-20(21)18-6-2-1-3-7-18/h1-9,19H,10-17H2/p+1/t19-/m1/s1. The molecule has 7 heteroatoms. The van der Waals surface area contributed by atoms with Crippen LogP contribution in [0, 0.1) is 0 Å². The molecule has 0 saturated carbocycles. The van der Waals surface area contributed by atoms with Gasteiger partial charge in [-0.1, -0.05) is 48.5 Å². The summed E-state index contributed by atoms with van der Waals surface area (Å²) in [4.78, 5) is 15.8. The molecule has 0 spiro atoms. The number of nitrogens with one attached hydrogen (secondary N) is 1. The van der Waals surface area contributed by atoms with Gasteiger partial charge in [-0.3, -0.25) is 4.79 Å². The quantitative estimate of drug-likeness (QED) is 0.779. The monoisotopic (exact) mass is 415 g/mol. The summed E-state index contributed by atoms with van der Waals surface area (Å²) in [5.74, 6) is 1.27. The van der Waals surface area contributed by atoms with Crippen LogP contribution in [0.4, 0.5) is 0 Å². The Morgan fingerprint density at radius 2 is 1.72 bits per heavy atom. The number of ether oxygens (including phenoxy) is 1. The van der Waals surface area contributed by atoms with Crippen LogP contribution in [-0.2, 0) is 14.6 Å². The highest BCUT2D eigenvalue weighted by Gasteiger charge is 2.37. The van der Waals surface area contributed by atoms with Gasteiger partial charge in [0.1, 0.15) is 17.5 Å². The van der Waals surface area contributed by atoms with Crippen molar-refractivity contribution in [2.45, 2.75) is 12.5 Å². The molecule has 2 fully saturated rings. The number of hydrogen-bond acceptors (Lipinski definition) is 4. The molecule has 0 unspecified atom stereocenters. The first-order valence-corrected chi connectivity index (χ1v) is 11.9. The summed E-state index contributed by atoms with van der Waals surface area (Å²) in [6, 6.07) is 17.9. The first-order chi connectivity index (χ1) is 14.0. The molecule has 0 aromatic heterocycles. The van der Waals surface area contributed by atoms with Crippen LogP contribution < -0.4 is 9.64 Å². The highest BCUT2D eigenvalue weighted by Crippen LogP contribution is 2.29. The molecule has 6 nitrogen and oxygen atoms in total. The smallest absolute Gasteiger partial charge is 0.260 e. The fraction of sp³-hybridized carbons (Fsp3) is 0.409. The van der Waals surface area contributed by atoms with Crippen molar-refractivity contribution in [2.75, 3.05) is 44.3 Å². The summed E-state index contributed by atoms with van der Waals surface area (Å²) in [6.07, 6.45) is 0.741. The molecular weight excluding hydrogens is 388 g/mol. The number of rotatable bonds is 5. The van der Waals surface area contributed by atoms with E-state index in [4.69, 9.17) is 4.74 Å². The van der Waals surface area contributed by atoms with Crippen molar-refractivity contribution < 1.29 is 22.8 Å². The van der Waals surface area contributed by atoms with Gasteiger partial charge in [-0.15, -0.1) is 0 Å².